The topological polar surface area (TPSA) is 50.8 Å². The quantitative estimate of drug-likeness (QED) is 0.856. The average Bonchev–Trinajstić information content (AvgIpc) is 3.13. The lowest BCUT2D eigenvalue weighted by Crippen LogP contribution is -2.39. The van der Waals surface area contributed by atoms with Gasteiger partial charge in [0, 0.05) is 25.2 Å². The zero-order valence-corrected chi connectivity index (χ0v) is 12.2. The van der Waals surface area contributed by atoms with E-state index in [4.69, 9.17) is 9.47 Å². The predicted molar refractivity (Wildman–Crippen MR) is 80.3 cm³/mol. The molecule has 112 valence electrons. The van der Waals surface area contributed by atoms with Crippen LogP contribution in [0.25, 0.3) is 6.08 Å². The third kappa shape index (κ3) is 3.03. The van der Waals surface area contributed by atoms with Crippen LogP contribution in [0, 0.1) is 0 Å². The molecule has 5 nitrogen and oxygen atoms in total. The lowest BCUT2D eigenvalue weighted by molar-refractivity contribution is -0.126. The van der Waals surface area contributed by atoms with Gasteiger partial charge in [0.25, 0.3) is 0 Å². The van der Waals surface area contributed by atoms with Crippen molar-refractivity contribution < 1.29 is 14.3 Å². The molecule has 0 spiro atoms. The molecule has 3 rings (SSSR count). The number of rotatable bonds is 4. The Morgan fingerprint density at radius 1 is 1.43 bits per heavy atom. The molecule has 2 aliphatic heterocycles. The molecule has 2 heterocycles. The monoisotopic (exact) mass is 288 g/mol. The smallest absolute Gasteiger partial charge is 0.246 e. The molecule has 1 fully saturated rings. The molecule has 0 aliphatic carbocycles. The van der Waals surface area contributed by atoms with Gasteiger partial charge in [-0.3, -0.25) is 4.79 Å². The standard InChI is InChI=1S/C16H20N2O3/c1-17-10-13-3-2-8-18(13)16(19)7-5-12-4-6-14-15(9-12)21-11-20-14/h4-7,9,13,17H,2-3,8,10-11H2,1H3/b7-5+. The Hall–Kier alpha value is -2.01. The molecule has 1 unspecified atom stereocenters. The largest absolute Gasteiger partial charge is 0.454 e. The van der Waals surface area contributed by atoms with Crippen LogP contribution in [0.4, 0.5) is 0 Å². The Bertz CT molecular complexity index is 556. The molecule has 2 aliphatic rings. The summed E-state index contributed by atoms with van der Waals surface area (Å²) in [7, 11) is 1.92. The fourth-order valence-electron chi connectivity index (χ4n) is 2.85. The number of ether oxygens (including phenoxy) is 2. The molecule has 1 N–H and O–H groups in total. The lowest BCUT2D eigenvalue weighted by atomic mass is 10.2. The van der Waals surface area contributed by atoms with Crippen LogP contribution in [-0.2, 0) is 4.79 Å². The second kappa shape index (κ2) is 6.18. The summed E-state index contributed by atoms with van der Waals surface area (Å²) in [5, 5.41) is 3.15. The number of likely N-dealkylation sites (N-methyl/N-ethyl adjacent to an activating group) is 1. The molecule has 0 radical (unpaired) electrons. The van der Waals surface area contributed by atoms with Gasteiger partial charge in [-0.05, 0) is 43.7 Å². The van der Waals surface area contributed by atoms with E-state index in [1.54, 1.807) is 6.08 Å². The molecule has 1 amide bonds. The van der Waals surface area contributed by atoms with Crippen LogP contribution in [0.15, 0.2) is 24.3 Å². The van der Waals surface area contributed by atoms with E-state index in [9.17, 15) is 4.79 Å². The Morgan fingerprint density at radius 3 is 3.14 bits per heavy atom. The normalized spacial score (nSPS) is 20.4. The van der Waals surface area contributed by atoms with Gasteiger partial charge in [-0.1, -0.05) is 6.07 Å². The number of amides is 1. The van der Waals surface area contributed by atoms with Gasteiger partial charge in [0.2, 0.25) is 12.7 Å². The van der Waals surface area contributed by atoms with Gasteiger partial charge in [0.15, 0.2) is 11.5 Å². The van der Waals surface area contributed by atoms with E-state index < -0.39 is 0 Å². The molecule has 1 atom stereocenters. The number of carbonyl (C=O) groups is 1. The summed E-state index contributed by atoms with van der Waals surface area (Å²) in [4.78, 5) is 14.2. The summed E-state index contributed by atoms with van der Waals surface area (Å²) in [5.41, 5.74) is 0.942. The Kier molecular flexibility index (Phi) is 4.10. The van der Waals surface area contributed by atoms with E-state index in [0.29, 0.717) is 6.04 Å². The number of hydrogen-bond donors (Lipinski definition) is 1. The summed E-state index contributed by atoms with van der Waals surface area (Å²) in [6, 6.07) is 5.99. The van der Waals surface area contributed by atoms with Crippen LogP contribution in [0.5, 0.6) is 11.5 Å². The van der Waals surface area contributed by atoms with Crippen LogP contribution in [0.3, 0.4) is 0 Å². The van der Waals surface area contributed by atoms with Crippen molar-refractivity contribution in [3.63, 3.8) is 0 Å². The van der Waals surface area contributed by atoms with Gasteiger partial charge < -0.3 is 19.7 Å². The molecule has 21 heavy (non-hydrogen) atoms. The molecular formula is C16H20N2O3. The van der Waals surface area contributed by atoms with Crippen LogP contribution in [0.1, 0.15) is 18.4 Å². The van der Waals surface area contributed by atoms with E-state index in [1.807, 2.05) is 36.2 Å². The highest BCUT2D eigenvalue weighted by Crippen LogP contribution is 2.32. The number of nitrogens with one attached hydrogen (secondary N) is 1. The molecule has 1 aromatic carbocycles. The molecule has 5 heteroatoms. The summed E-state index contributed by atoms with van der Waals surface area (Å²) < 4.78 is 10.6. The fourth-order valence-corrected chi connectivity index (χ4v) is 2.85. The van der Waals surface area contributed by atoms with Crippen molar-refractivity contribution in [3.05, 3.63) is 29.8 Å². The number of nitrogens with zero attached hydrogens (tertiary/aromatic N) is 1. The van der Waals surface area contributed by atoms with Crippen molar-refractivity contribution >= 4 is 12.0 Å². The van der Waals surface area contributed by atoms with Gasteiger partial charge >= 0.3 is 0 Å². The Morgan fingerprint density at radius 2 is 2.29 bits per heavy atom. The van der Waals surface area contributed by atoms with Crippen molar-refractivity contribution in [1.29, 1.82) is 0 Å². The number of carbonyl (C=O) groups excluding carboxylic acids is 1. The summed E-state index contributed by atoms with van der Waals surface area (Å²) in [5.74, 6) is 1.57. The molecule has 0 bridgehead atoms. The van der Waals surface area contributed by atoms with Crippen LogP contribution in [-0.4, -0.2) is 43.8 Å². The van der Waals surface area contributed by atoms with Crippen molar-refractivity contribution in [2.24, 2.45) is 0 Å². The maximum absolute atomic E-state index is 12.3. The molecule has 0 aromatic heterocycles. The third-order valence-electron chi connectivity index (χ3n) is 3.91. The number of hydrogen-bond acceptors (Lipinski definition) is 4. The van der Waals surface area contributed by atoms with Gasteiger partial charge in [-0.15, -0.1) is 0 Å². The minimum absolute atomic E-state index is 0.0745. The Balaban J connectivity index is 1.66. The first-order valence-electron chi connectivity index (χ1n) is 7.31. The number of benzene rings is 1. The number of fused-ring (bicyclic) bond motifs is 1. The first-order chi connectivity index (χ1) is 10.3. The highest BCUT2D eigenvalue weighted by atomic mass is 16.7. The maximum Gasteiger partial charge on any atom is 0.246 e. The first kappa shape index (κ1) is 13.9. The Labute approximate surface area is 124 Å². The zero-order chi connectivity index (χ0) is 14.7. The van der Waals surface area contributed by atoms with Crippen LogP contribution in [0.2, 0.25) is 0 Å². The lowest BCUT2D eigenvalue weighted by Gasteiger charge is -2.23. The summed E-state index contributed by atoms with van der Waals surface area (Å²) in [6.07, 6.45) is 5.63. The van der Waals surface area contributed by atoms with Crippen LogP contribution >= 0.6 is 0 Å². The molecule has 0 saturated carbocycles. The van der Waals surface area contributed by atoms with Gasteiger partial charge in [0.1, 0.15) is 0 Å². The van der Waals surface area contributed by atoms with Gasteiger partial charge in [-0.25, -0.2) is 0 Å². The van der Waals surface area contributed by atoms with Crippen molar-refractivity contribution in [3.8, 4) is 11.5 Å². The van der Waals surface area contributed by atoms with Crippen LogP contribution < -0.4 is 14.8 Å². The highest BCUT2D eigenvalue weighted by Gasteiger charge is 2.26. The molecule has 1 saturated heterocycles. The second-order valence-corrected chi connectivity index (χ2v) is 5.33. The summed E-state index contributed by atoms with van der Waals surface area (Å²) in [6.45, 7) is 1.96. The minimum atomic E-state index is 0.0745. The molecule has 1 aromatic rings. The minimum Gasteiger partial charge on any atom is -0.454 e. The van der Waals surface area contributed by atoms with E-state index in [-0.39, 0.29) is 12.7 Å². The third-order valence-corrected chi connectivity index (χ3v) is 3.91. The second-order valence-electron chi connectivity index (χ2n) is 5.33. The maximum atomic E-state index is 12.3. The average molecular weight is 288 g/mol. The zero-order valence-electron chi connectivity index (χ0n) is 12.2. The van der Waals surface area contributed by atoms with Crippen molar-refractivity contribution in [2.75, 3.05) is 26.9 Å². The van der Waals surface area contributed by atoms with E-state index in [1.165, 1.54) is 0 Å². The van der Waals surface area contributed by atoms with E-state index in [0.717, 1.165) is 43.0 Å². The SMILES string of the molecule is CNCC1CCCN1C(=O)/C=C/c1ccc2c(c1)OCO2. The van der Waals surface area contributed by atoms with Gasteiger partial charge in [0.05, 0.1) is 0 Å². The summed E-state index contributed by atoms with van der Waals surface area (Å²) >= 11 is 0. The van der Waals surface area contributed by atoms with Gasteiger partial charge in [-0.2, -0.15) is 0 Å². The fraction of sp³-hybridized carbons (Fsp3) is 0.438. The van der Waals surface area contributed by atoms with E-state index >= 15 is 0 Å². The van der Waals surface area contributed by atoms with Crippen molar-refractivity contribution in [1.82, 2.24) is 10.2 Å². The number of likely N-dealkylation sites (tertiary alicyclic amines) is 1. The predicted octanol–water partition coefficient (Wildman–Crippen LogP) is 1.64. The van der Waals surface area contributed by atoms with Crippen molar-refractivity contribution in [2.45, 2.75) is 18.9 Å². The van der Waals surface area contributed by atoms with E-state index in [2.05, 4.69) is 5.32 Å². The first-order valence-corrected chi connectivity index (χ1v) is 7.31. The highest BCUT2D eigenvalue weighted by molar-refractivity contribution is 5.92. The molecular weight excluding hydrogens is 268 g/mol.